The molecule has 3 heteroatoms. The lowest BCUT2D eigenvalue weighted by molar-refractivity contribution is 0.102. The van der Waals surface area contributed by atoms with Crippen molar-refractivity contribution in [3.8, 4) is 5.75 Å². The van der Waals surface area contributed by atoms with Gasteiger partial charge in [-0.1, -0.05) is 52.0 Å². The number of benzene rings is 2. The van der Waals surface area contributed by atoms with Crippen LogP contribution in [0.2, 0.25) is 0 Å². The molecule has 1 amide bonds. The Morgan fingerprint density at radius 1 is 1.00 bits per heavy atom. The van der Waals surface area contributed by atoms with Crippen LogP contribution in [0, 0.1) is 5.92 Å². The van der Waals surface area contributed by atoms with Crippen molar-refractivity contribution >= 4 is 11.6 Å². The van der Waals surface area contributed by atoms with Gasteiger partial charge in [0.2, 0.25) is 0 Å². The Kier molecular flexibility index (Phi) is 5.80. The van der Waals surface area contributed by atoms with Crippen LogP contribution in [0.3, 0.4) is 0 Å². The van der Waals surface area contributed by atoms with Crippen LogP contribution in [0.1, 0.15) is 49.5 Å². The first-order valence-electron chi connectivity index (χ1n) is 8.10. The Bertz CT molecular complexity index is 645. The van der Waals surface area contributed by atoms with Crippen LogP contribution in [0.5, 0.6) is 5.75 Å². The van der Waals surface area contributed by atoms with Crippen molar-refractivity contribution in [2.24, 2.45) is 5.92 Å². The topological polar surface area (TPSA) is 38.3 Å². The van der Waals surface area contributed by atoms with Crippen molar-refractivity contribution in [1.82, 2.24) is 0 Å². The molecule has 0 aliphatic carbocycles. The van der Waals surface area contributed by atoms with Crippen LogP contribution in [0.4, 0.5) is 5.69 Å². The molecule has 1 N–H and O–H groups in total. The number of para-hydroxylation sites is 2. The summed E-state index contributed by atoms with van der Waals surface area (Å²) in [5.74, 6) is 1.47. The molecule has 0 aliphatic heterocycles. The minimum absolute atomic E-state index is 0.124. The lowest BCUT2D eigenvalue weighted by atomic mass is 10.0. The van der Waals surface area contributed by atoms with Gasteiger partial charge in [0, 0.05) is 5.56 Å². The number of hydrogen-bond acceptors (Lipinski definition) is 2. The largest absolute Gasteiger partial charge is 0.491 e. The van der Waals surface area contributed by atoms with E-state index in [-0.39, 0.29) is 5.91 Å². The number of rotatable bonds is 6. The molecule has 0 saturated heterocycles. The number of hydrogen-bond donors (Lipinski definition) is 1. The van der Waals surface area contributed by atoms with Crippen molar-refractivity contribution in [3.05, 3.63) is 59.7 Å². The summed E-state index contributed by atoms with van der Waals surface area (Å²) in [5.41, 5.74) is 2.57. The lowest BCUT2D eigenvalue weighted by Crippen LogP contribution is -2.14. The Morgan fingerprint density at radius 3 is 2.26 bits per heavy atom. The molecule has 0 radical (unpaired) electrons. The number of carbonyl (C=O) groups excluding carboxylic acids is 1. The smallest absolute Gasteiger partial charge is 0.255 e. The molecular formula is C20H25NO2. The summed E-state index contributed by atoms with van der Waals surface area (Å²) in [5, 5.41) is 2.94. The van der Waals surface area contributed by atoms with Gasteiger partial charge >= 0.3 is 0 Å². The second kappa shape index (κ2) is 7.82. The van der Waals surface area contributed by atoms with Crippen LogP contribution in [-0.4, -0.2) is 12.5 Å². The van der Waals surface area contributed by atoms with Gasteiger partial charge in [0.25, 0.3) is 5.91 Å². The minimum atomic E-state index is -0.124. The molecule has 0 saturated carbocycles. The molecule has 3 nitrogen and oxygen atoms in total. The Morgan fingerprint density at radius 2 is 1.65 bits per heavy atom. The van der Waals surface area contributed by atoms with Crippen molar-refractivity contribution in [1.29, 1.82) is 0 Å². The quantitative estimate of drug-likeness (QED) is 0.806. The standard InChI is InChI=1S/C20H25NO2/c1-14(2)13-23-19-8-6-5-7-18(19)21-20(22)17-11-9-16(10-12-17)15(3)4/h5-12,14-15H,13H2,1-4H3,(H,21,22). The van der Waals surface area contributed by atoms with Gasteiger partial charge in [0.1, 0.15) is 5.75 Å². The molecule has 2 aromatic rings. The van der Waals surface area contributed by atoms with Gasteiger partial charge in [-0.15, -0.1) is 0 Å². The van der Waals surface area contributed by atoms with Crippen LogP contribution >= 0.6 is 0 Å². The maximum Gasteiger partial charge on any atom is 0.255 e. The Hall–Kier alpha value is -2.29. The van der Waals surface area contributed by atoms with Gasteiger partial charge in [0.05, 0.1) is 12.3 Å². The maximum atomic E-state index is 12.4. The van der Waals surface area contributed by atoms with E-state index in [1.807, 2.05) is 48.5 Å². The SMILES string of the molecule is CC(C)COc1ccccc1NC(=O)c1ccc(C(C)C)cc1. The molecule has 0 aromatic heterocycles. The van der Waals surface area contributed by atoms with E-state index in [0.717, 1.165) is 0 Å². The van der Waals surface area contributed by atoms with Gasteiger partial charge in [-0.2, -0.15) is 0 Å². The second-order valence-electron chi connectivity index (χ2n) is 6.43. The van der Waals surface area contributed by atoms with Gasteiger partial charge in [0.15, 0.2) is 0 Å². The molecule has 0 heterocycles. The van der Waals surface area contributed by atoms with E-state index in [1.54, 1.807) is 0 Å². The Balaban J connectivity index is 2.10. The average molecular weight is 311 g/mol. The van der Waals surface area contributed by atoms with Crippen LogP contribution in [0.25, 0.3) is 0 Å². The van der Waals surface area contributed by atoms with Gasteiger partial charge < -0.3 is 10.1 Å². The van der Waals surface area contributed by atoms with Crippen LogP contribution in [-0.2, 0) is 0 Å². The third-order valence-corrected chi connectivity index (χ3v) is 3.55. The highest BCUT2D eigenvalue weighted by molar-refractivity contribution is 6.05. The number of nitrogens with one attached hydrogen (secondary N) is 1. The third kappa shape index (κ3) is 4.85. The Labute approximate surface area is 138 Å². The molecule has 0 atom stereocenters. The summed E-state index contributed by atoms with van der Waals surface area (Å²) in [7, 11) is 0. The summed E-state index contributed by atoms with van der Waals surface area (Å²) < 4.78 is 5.77. The third-order valence-electron chi connectivity index (χ3n) is 3.55. The molecule has 2 rings (SSSR count). The molecule has 2 aromatic carbocycles. The summed E-state index contributed by atoms with van der Waals surface area (Å²) in [6.07, 6.45) is 0. The molecule has 0 fully saturated rings. The lowest BCUT2D eigenvalue weighted by Gasteiger charge is -2.14. The second-order valence-corrected chi connectivity index (χ2v) is 6.43. The highest BCUT2D eigenvalue weighted by atomic mass is 16.5. The van der Waals surface area contributed by atoms with E-state index in [4.69, 9.17) is 4.74 Å². The average Bonchev–Trinajstić information content (AvgIpc) is 2.54. The zero-order valence-electron chi connectivity index (χ0n) is 14.3. The number of carbonyl (C=O) groups is 1. The minimum Gasteiger partial charge on any atom is -0.491 e. The molecular weight excluding hydrogens is 286 g/mol. The number of amides is 1. The molecule has 0 unspecified atom stereocenters. The van der Waals surface area contributed by atoms with Gasteiger partial charge in [-0.3, -0.25) is 4.79 Å². The van der Waals surface area contributed by atoms with Crippen LogP contribution in [0.15, 0.2) is 48.5 Å². The normalized spacial score (nSPS) is 10.9. The van der Waals surface area contributed by atoms with Gasteiger partial charge in [-0.25, -0.2) is 0 Å². The fourth-order valence-electron chi connectivity index (χ4n) is 2.17. The first kappa shape index (κ1) is 17.1. The first-order chi connectivity index (χ1) is 11.0. The molecule has 0 spiro atoms. The predicted molar refractivity (Wildman–Crippen MR) is 95.3 cm³/mol. The van der Waals surface area contributed by atoms with E-state index in [0.29, 0.717) is 35.4 Å². The summed E-state index contributed by atoms with van der Waals surface area (Å²) >= 11 is 0. The van der Waals surface area contributed by atoms with Gasteiger partial charge in [-0.05, 0) is 41.7 Å². The number of ether oxygens (including phenoxy) is 1. The summed E-state index contributed by atoms with van der Waals surface area (Å²) in [6, 6.07) is 15.3. The van der Waals surface area contributed by atoms with E-state index in [2.05, 4.69) is 33.0 Å². The van der Waals surface area contributed by atoms with Crippen molar-refractivity contribution in [2.75, 3.05) is 11.9 Å². The van der Waals surface area contributed by atoms with Crippen molar-refractivity contribution < 1.29 is 9.53 Å². The predicted octanol–water partition coefficient (Wildman–Crippen LogP) is 5.10. The van der Waals surface area contributed by atoms with E-state index in [9.17, 15) is 4.79 Å². The highest BCUT2D eigenvalue weighted by Crippen LogP contribution is 2.25. The first-order valence-corrected chi connectivity index (χ1v) is 8.10. The fourth-order valence-corrected chi connectivity index (χ4v) is 2.17. The molecule has 122 valence electrons. The summed E-state index contributed by atoms with van der Waals surface area (Å²) in [4.78, 5) is 12.4. The monoisotopic (exact) mass is 311 g/mol. The maximum absolute atomic E-state index is 12.4. The van der Waals surface area contributed by atoms with E-state index in [1.165, 1.54) is 5.56 Å². The summed E-state index contributed by atoms with van der Waals surface area (Å²) in [6.45, 7) is 9.08. The van der Waals surface area contributed by atoms with E-state index < -0.39 is 0 Å². The van der Waals surface area contributed by atoms with Crippen molar-refractivity contribution in [2.45, 2.75) is 33.6 Å². The molecule has 0 aliphatic rings. The van der Waals surface area contributed by atoms with Crippen molar-refractivity contribution in [3.63, 3.8) is 0 Å². The van der Waals surface area contributed by atoms with E-state index >= 15 is 0 Å². The number of anilines is 1. The highest BCUT2D eigenvalue weighted by Gasteiger charge is 2.10. The molecule has 23 heavy (non-hydrogen) atoms. The fraction of sp³-hybridized carbons (Fsp3) is 0.350. The molecule has 0 bridgehead atoms. The zero-order valence-corrected chi connectivity index (χ0v) is 14.3. The van der Waals surface area contributed by atoms with Crippen LogP contribution < -0.4 is 10.1 Å². The zero-order chi connectivity index (χ0) is 16.8.